The van der Waals surface area contributed by atoms with E-state index in [9.17, 15) is 0 Å². The molecule has 0 radical (unpaired) electrons. The van der Waals surface area contributed by atoms with Gasteiger partial charge in [-0.2, -0.15) is 0 Å². The summed E-state index contributed by atoms with van der Waals surface area (Å²) < 4.78 is 0. The number of likely N-dealkylation sites (tertiary alicyclic amines) is 1. The molecule has 1 unspecified atom stereocenters. The Hall–Kier alpha value is -0.0800. The summed E-state index contributed by atoms with van der Waals surface area (Å²) in [7, 11) is 4.30. The monoisotopic (exact) mass is 156 g/mol. The zero-order valence-corrected chi connectivity index (χ0v) is 7.98. The maximum atomic E-state index is 3.47. The molecular weight excluding hydrogens is 136 g/mol. The summed E-state index contributed by atoms with van der Waals surface area (Å²) in [5.41, 5.74) is 0.434. The number of nitrogens with zero attached hydrogens (tertiary/aromatic N) is 1. The van der Waals surface area contributed by atoms with Gasteiger partial charge in [0.1, 0.15) is 0 Å². The Labute approximate surface area is 70.0 Å². The molecule has 66 valence electrons. The van der Waals surface area contributed by atoms with Crippen LogP contribution in [-0.4, -0.2) is 37.6 Å². The maximum absolute atomic E-state index is 3.47. The van der Waals surface area contributed by atoms with Gasteiger partial charge in [-0.15, -0.1) is 0 Å². The van der Waals surface area contributed by atoms with Crippen LogP contribution in [0.1, 0.15) is 26.2 Å². The molecule has 2 heteroatoms. The summed E-state index contributed by atoms with van der Waals surface area (Å²) in [5.74, 6) is 0. The number of hydrogen-bond acceptors (Lipinski definition) is 2. The van der Waals surface area contributed by atoms with Crippen molar-refractivity contribution >= 4 is 0 Å². The fourth-order valence-corrected chi connectivity index (χ4v) is 2.09. The van der Waals surface area contributed by atoms with Crippen LogP contribution in [0, 0.1) is 0 Å². The van der Waals surface area contributed by atoms with Crippen LogP contribution in [0.4, 0.5) is 0 Å². The van der Waals surface area contributed by atoms with E-state index in [-0.39, 0.29) is 0 Å². The van der Waals surface area contributed by atoms with Gasteiger partial charge in [0.15, 0.2) is 0 Å². The van der Waals surface area contributed by atoms with E-state index in [1.807, 2.05) is 0 Å². The summed E-state index contributed by atoms with van der Waals surface area (Å²) >= 11 is 0. The Morgan fingerprint density at radius 1 is 1.55 bits per heavy atom. The van der Waals surface area contributed by atoms with Crippen LogP contribution in [0.3, 0.4) is 0 Å². The SMILES string of the molecule is CCCC1(NC)CCN(C)C1. The first kappa shape index (κ1) is 9.01. The zero-order valence-electron chi connectivity index (χ0n) is 7.98. The van der Waals surface area contributed by atoms with Gasteiger partial charge in [-0.1, -0.05) is 13.3 Å². The van der Waals surface area contributed by atoms with Gasteiger partial charge < -0.3 is 10.2 Å². The van der Waals surface area contributed by atoms with E-state index in [4.69, 9.17) is 0 Å². The van der Waals surface area contributed by atoms with E-state index in [1.165, 1.54) is 32.4 Å². The molecular formula is C9H20N2. The van der Waals surface area contributed by atoms with E-state index in [0.29, 0.717) is 5.54 Å². The van der Waals surface area contributed by atoms with Crippen LogP contribution < -0.4 is 5.32 Å². The average molecular weight is 156 g/mol. The number of hydrogen-bond donors (Lipinski definition) is 1. The summed E-state index contributed by atoms with van der Waals surface area (Å²) in [4.78, 5) is 2.41. The van der Waals surface area contributed by atoms with E-state index in [2.05, 4.69) is 31.2 Å². The van der Waals surface area contributed by atoms with Crippen LogP contribution in [0.5, 0.6) is 0 Å². The number of nitrogens with one attached hydrogen (secondary N) is 1. The van der Waals surface area contributed by atoms with Gasteiger partial charge in [0.2, 0.25) is 0 Å². The Morgan fingerprint density at radius 2 is 2.27 bits per heavy atom. The molecule has 0 aliphatic carbocycles. The van der Waals surface area contributed by atoms with E-state index < -0.39 is 0 Å². The van der Waals surface area contributed by atoms with Crippen LogP contribution in [0.25, 0.3) is 0 Å². The lowest BCUT2D eigenvalue weighted by molar-refractivity contribution is 0.308. The van der Waals surface area contributed by atoms with Crippen molar-refractivity contribution in [2.24, 2.45) is 0 Å². The highest BCUT2D eigenvalue weighted by molar-refractivity contribution is 4.94. The van der Waals surface area contributed by atoms with Gasteiger partial charge in [0.05, 0.1) is 0 Å². The Balaban J connectivity index is 2.48. The highest BCUT2D eigenvalue weighted by Crippen LogP contribution is 2.24. The maximum Gasteiger partial charge on any atom is 0.0318 e. The van der Waals surface area contributed by atoms with Gasteiger partial charge >= 0.3 is 0 Å². The molecule has 1 saturated heterocycles. The molecule has 0 saturated carbocycles. The third-order valence-corrected chi connectivity index (χ3v) is 2.80. The third kappa shape index (κ3) is 1.94. The first-order valence-electron chi connectivity index (χ1n) is 4.60. The van der Waals surface area contributed by atoms with Crippen molar-refractivity contribution in [3.05, 3.63) is 0 Å². The third-order valence-electron chi connectivity index (χ3n) is 2.80. The second-order valence-corrected chi connectivity index (χ2v) is 3.77. The van der Waals surface area contributed by atoms with Crippen LogP contribution in [-0.2, 0) is 0 Å². The molecule has 0 aromatic heterocycles. The minimum absolute atomic E-state index is 0.434. The first-order chi connectivity index (χ1) is 5.22. The van der Waals surface area contributed by atoms with Gasteiger partial charge in [0, 0.05) is 12.1 Å². The Bertz CT molecular complexity index is 121. The molecule has 1 rings (SSSR count). The van der Waals surface area contributed by atoms with Gasteiger partial charge in [0.25, 0.3) is 0 Å². The molecule has 11 heavy (non-hydrogen) atoms. The van der Waals surface area contributed by atoms with E-state index in [1.54, 1.807) is 0 Å². The molecule has 1 heterocycles. The van der Waals surface area contributed by atoms with E-state index in [0.717, 1.165) is 0 Å². The zero-order chi connectivity index (χ0) is 8.32. The van der Waals surface area contributed by atoms with Crippen molar-refractivity contribution < 1.29 is 0 Å². The fraction of sp³-hybridized carbons (Fsp3) is 1.00. The molecule has 1 atom stereocenters. The van der Waals surface area contributed by atoms with Crippen LogP contribution in [0.15, 0.2) is 0 Å². The van der Waals surface area contributed by atoms with E-state index >= 15 is 0 Å². The number of likely N-dealkylation sites (N-methyl/N-ethyl adjacent to an activating group) is 2. The van der Waals surface area contributed by atoms with Crippen LogP contribution >= 0.6 is 0 Å². The Kier molecular flexibility index (Phi) is 2.90. The number of rotatable bonds is 3. The smallest absolute Gasteiger partial charge is 0.0318 e. The van der Waals surface area contributed by atoms with Crippen molar-refractivity contribution in [3.8, 4) is 0 Å². The summed E-state index contributed by atoms with van der Waals surface area (Å²) in [6, 6.07) is 0. The van der Waals surface area contributed by atoms with Gasteiger partial charge in [-0.05, 0) is 33.5 Å². The standard InChI is InChI=1S/C9H20N2/c1-4-5-9(10-2)6-7-11(3)8-9/h10H,4-8H2,1-3H3. The lowest BCUT2D eigenvalue weighted by Gasteiger charge is -2.28. The predicted molar refractivity (Wildman–Crippen MR) is 48.8 cm³/mol. The highest BCUT2D eigenvalue weighted by atomic mass is 15.2. The van der Waals surface area contributed by atoms with Crippen molar-refractivity contribution in [1.82, 2.24) is 10.2 Å². The van der Waals surface area contributed by atoms with Crippen LogP contribution in [0.2, 0.25) is 0 Å². The minimum Gasteiger partial charge on any atom is -0.313 e. The van der Waals surface area contributed by atoms with Crippen molar-refractivity contribution in [2.45, 2.75) is 31.7 Å². The molecule has 0 amide bonds. The molecule has 0 aromatic carbocycles. The fourth-order valence-electron chi connectivity index (χ4n) is 2.09. The molecule has 0 aromatic rings. The lowest BCUT2D eigenvalue weighted by Crippen LogP contribution is -2.44. The highest BCUT2D eigenvalue weighted by Gasteiger charge is 2.33. The molecule has 0 bridgehead atoms. The summed E-state index contributed by atoms with van der Waals surface area (Å²) in [5, 5.41) is 3.47. The molecule has 1 aliphatic heterocycles. The molecule has 1 fully saturated rings. The quantitative estimate of drug-likeness (QED) is 0.658. The second kappa shape index (κ2) is 3.55. The molecule has 1 aliphatic rings. The Morgan fingerprint density at radius 3 is 2.64 bits per heavy atom. The topological polar surface area (TPSA) is 15.3 Å². The van der Waals surface area contributed by atoms with Crippen molar-refractivity contribution in [2.75, 3.05) is 27.2 Å². The van der Waals surface area contributed by atoms with Crippen molar-refractivity contribution in [3.63, 3.8) is 0 Å². The first-order valence-corrected chi connectivity index (χ1v) is 4.60. The molecule has 1 N–H and O–H groups in total. The predicted octanol–water partition coefficient (Wildman–Crippen LogP) is 1.08. The minimum atomic E-state index is 0.434. The summed E-state index contributed by atoms with van der Waals surface area (Å²) in [6.07, 6.45) is 3.91. The summed E-state index contributed by atoms with van der Waals surface area (Å²) in [6.45, 7) is 4.73. The normalized spacial score (nSPS) is 33.0. The van der Waals surface area contributed by atoms with Crippen molar-refractivity contribution in [1.29, 1.82) is 0 Å². The largest absolute Gasteiger partial charge is 0.313 e. The lowest BCUT2D eigenvalue weighted by atomic mass is 9.93. The van der Waals surface area contributed by atoms with Gasteiger partial charge in [-0.25, -0.2) is 0 Å². The molecule has 2 nitrogen and oxygen atoms in total. The molecule has 0 spiro atoms. The second-order valence-electron chi connectivity index (χ2n) is 3.77. The average Bonchev–Trinajstić information content (AvgIpc) is 2.34. The van der Waals surface area contributed by atoms with Gasteiger partial charge in [-0.3, -0.25) is 0 Å².